The molecule has 0 radical (unpaired) electrons. The molecule has 0 spiro atoms. The maximum absolute atomic E-state index is 13.5. The molecule has 2 aliphatic rings. The van der Waals surface area contributed by atoms with Gasteiger partial charge < -0.3 is 10.2 Å². The van der Waals surface area contributed by atoms with Crippen molar-refractivity contribution in [3.8, 4) is 0 Å². The maximum atomic E-state index is 13.5. The molecule has 0 unspecified atom stereocenters. The number of benzene rings is 1. The molecule has 1 aromatic carbocycles. The van der Waals surface area contributed by atoms with Crippen LogP contribution in [0.5, 0.6) is 0 Å². The van der Waals surface area contributed by atoms with E-state index in [0.29, 0.717) is 5.91 Å². The molecule has 4 heteroatoms. The number of carbonyl (C=O) groups is 1. The standard InChI is InChI=1S/C19H28N2O.ClH/c1-16-8-3-4-9-17(16)19(10-5-2-6-11-19)18(22)21-14-7-12-20-13-15-21;/h3-4,8-9,20H,2,5-7,10-15H2,1H3;1H. The van der Waals surface area contributed by atoms with Crippen LogP contribution in [-0.2, 0) is 10.2 Å². The Morgan fingerprint density at radius 1 is 1.04 bits per heavy atom. The van der Waals surface area contributed by atoms with Crippen LogP contribution in [0.1, 0.15) is 49.7 Å². The number of amides is 1. The van der Waals surface area contributed by atoms with Gasteiger partial charge in [-0.3, -0.25) is 4.79 Å². The first-order valence-electron chi connectivity index (χ1n) is 8.80. The van der Waals surface area contributed by atoms with Crippen LogP contribution in [0.3, 0.4) is 0 Å². The van der Waals surface area contributed by atoms with E-state index in [1.54, 1.807) is 0 Å². The van der Waals surface area contributed by atoms with E-state index in [1.165, 1.54) is 30.4 Å². The molecule has 1 heterocycles. The second-order valence-corrected chi connectivity index (χ2v) is 6.85. The van der Waals surface area contributed by atoms with Gasteiger partial charge in [-0.15, -0.1) is 12.4 Å². The van der Waals surface area contributed by atoms with Gasteiger partial charge in [0.05, 0.1) is 5.41 Å². The fraction of sp³-hybridized carbons (Fsp3) is 0.632. The molecule has 1 saturated carbocycles. The topological polar surface area (TPSA) is 32.3 Å². The summed E-state index contributed by atoms with van der Waals surface area (Å²) in [6.45, 7) is 5.87. The normalized spacial score (nSPS) is 21.2. The van der Waals surface area contributed by atoms with Crippen molar-refractivity contribution in [2.75, 3.05) is 26.2 Å². The van der Waals surface area contributed by atoms with Gasteiger partial charge in [-0.05, 0) is 43.9 Å². The molecule has 23 heavy (non-hydrogen) atoms. The molecule has 1 aromatic rings. The molecule has 1 N–H and O–H groups in total. The monoisotopic (exact) mass is 336 g/mol. The number of aryl methyl sites for hydroxylation is 1. The van der Waals surface area contributed by atoms with Gasteiger partial charge in [0.15, 0.2) is 0 Å². The molecule has 2 fully saturated rings. The number of nitrogens with one attached hydrogen (secondary N) is 1. The van der Waals surface area contributed by atoms with Gasteiger partial charge in [-0.1, -0.05) is 43.5 Å². The lowest BCUT2D eigenvalue weighted by Gasteiger charge is -2.41. The zero-order chi connectivity index (χ0) is 15.4. The van der Waals surface area contributed by atoms with Crippen LogP contribution in [0.4, 0.5) is 0 Å². The summed E-state index contributed by atoms with van der Waals surface area (Å²) in [5.74, 6) is 0.380. The van der Waals surface area contributed by atoms with Gasteiger partial charge in [0.1, 0.15) is 0 Å². The van der Waals surface area contributed by atoms with Crippen molar-refractivity contribution in [3.05, 3.63) is 35.4 Å². The van der Waals surface area contributed by atoms with Crippen LogP contribution < -0.4 is 5.32 Å². The Morgan fingerprint density at radius 3 is 2.52 bits per heavy atom. The highest BCUT2D eigenvalue weighted by atomic mass is 35.5. The van der Waals surface area contributed by atoms with Crippen LogP contribution in [-0.4, -0.2) is 37.0 Å². The van der Waals surface area contributed by atoms with Crippen molar-refractivity contribution in [2.45, 2.75) is 50.9 Å². The first-order chi connectivity index (χ1) is 10.7. The van der Waals surface area contributed by atoms with Crippen LogP contribution in [0.15, 0.2) is 24.3 Å². The van der Waals surface area contributed by atoms with Gasteiger partial charge in [0, 0.05) is 19.6 Å². The number of carbonyl (C=O) groups excluding carboxylic acids is 1. The molecular formula is C19H29ClN2O. The summed E-state index contributed by atoms with van der Waals surface area (Å²) in [6, 6.07) is 8.52. The SMILES string of the molecule is Cc1ccccc1C1(C(=O)N2CCCNCC2)CCCCC1.Cl. The molecule has 1 aliphatic carbocycles. The zero-order valence-electron chi connectivity index (χ0n) is 14.1. The highest BCUT2D eigenvalue weighted by Crippen LogP contribution is 2.42. The fourth-order valence-corrected chi connectivity index (χ4v) is 4.22. The first kappa shape index (κ1) is 18.3. The summed E-state index contributed by atoms with van der Waals surface area (Å²) in [5.41, 5.74) is 2.27. The summed E-state index contributed by atoms with van der Waals surface area (Å²) >= 11 is 0. The Bertz CT molecular complexity index is 518. The lowest BCUT2D eigenvalue weighted by atomic mass is 9.67. The molecule has 0 aromatic heterocycles. The molecule has 3 nitrogen and oxygen atoms in total. The smallest absolute Gasteiger partial charge is 0.233 e. The van der Waals surface area contributed by atoms with E-state index in [-0.39, 0.29) is 17.8 Å². The summed E-state index contributed by atoms with van der Waals surface area (Å²) in [7, 11) is 0. The van der Waals surface area contributed by atoms with Crippen molar-refractivity contribution < 1.29 is 4.79 Å². The van der Waals surface area contributed by atoms with E-state index >= 15 is 0 Å². The molecule has 1 amide bonds. The number of hydrogen-bond acceptors (Lipinski definition) is 2. The van der Waals surface area contributed by atoms with E-state index in [9.17, 15) is 4.79 Å². The van der Waals surface area contributed by atoms with Gasteiger partial charge in [-0.2, -0.15) is 0 Å². The Hall–Kier alpha value is -1.06. The summed E-state index contributed by atoms with van der Waals surface area (Å²) < 4.78 is 0. The minimum absolute atomic E-state index is 0. The van der Waals surface area contributed by atoms with Crippen molar-refractivity contribution in [1.29, 1.82) is 0 Å². The van der Waals surface area contributed by atoms with Gasteiger partial charge in [-0.25, -0.2) is 0 Å². The Balaban J connectivity index is 0.00000192. The molecule has 1 aliphatic heterocycles. The first-order valence-corrected chi connectivity index (χ1v) is 8.80. The van der Waals surface area contributed by atoms with Crippen LogP contribution in [0.2, 0.25) is 0 Å². The predicted molar refractivity (Wildman–Crippen MR) is 97.3 cm³/mol. The van der Waals surface area contributed by atoms with Crippen molar-refractivity contribution in [2.24, 2.45) is 0 Å². The van der Waals surface area contributed by atoms with E-state index in [2.05, 4.69) is 41.4 Å². The van der Waals surface area contributed by atoms with Crippen LogP contribution >= 0.6 is 12.4 Å². The largest absolute Gasteiger partial charge is 0.341 e. The highest BCUT2D eigenvalue weighted by Gasteiger charge is 2.44. The van der Waals surface area contributed by atoms with Crippen LogP contribution in [0, 0.1) is 6.92 Å². The number of nitrogens with zero attached hydrogens (tertiary/aromatic N) is 1. The lowest BCUT2D eigenvalue weighted by Crippen LogP contribution is -2.49. The quantitative estimate of drug-likeness (QED) is 0.897. The molecule has 3 rings (SSSR count). The maximum Gasteiger partial charge on any atom is 0.233 e. The third kappa shape index (κ3) is 3.72. The van der Waals surface area contributed by atoms with E-state index < -0.39 is 0 Å². The zero-order valence-corrected chi connectivity index (χ0v) is 15.0. The Labute approximate surface area is 146 Å². The van der Waals surface area contributed by atoms with Crippen molar-refractivity contribution >= 4 is 18.3 Å². The summed E-state index contributed by atoms with van der Waals surface area (Å²) in [5, 5.41) is 3.40. The van der Waals surface area contributed by atoms with Gasteiger partial charge >= 0.3 is 0 Å². The third-order valence-electron chi connectivity index (χ3n) is 5.40. The van der Waals surface area contributed by atoms with E-state index in [1.807, 2.05) is 0 Å². The molecule has 1 saturated heterocycles. The van der Waals surface area contributed by atoms with E-state index in [0.717, 1.165) is 45.4 Å². The van der Waals surface area contributed by atoms with Crippen LogP contribution in [0.25, 0.3) is 0 Å². The minimum Gasteiger partial charge on any atom is -0.341 e. The summed E-state index contributed by atoms with van der Waals surface area (Å²) in [6.07, 6.45) is 6.71. The minimum atomic E-state index is -0.270. The van der Waals surface area contributed by atoms with Gasteiger partial charge in [0.2, 0.25) is 5.91 Å². The second-order valence-electron chi connectivity index (χ2n) is 6.85. The average molecular weight is 337 g/mol. The predicted octanol–water partition coefficient (Wildman–Crippen LogP) is 3.44. The fourth-order valence-electron chi connectivity index (χ4n) is 4.22. The molecule has 0 bridgehead atoms. The number of hydrogen-bond donors (Lipinski definition) is 1. The van der Waals surface area contributed by atoms with E-state index in [4.69, 9.17) is 0 Å². The Kier molecular flexibility index (Phi) is 6.49. The molecular weight excluding hydrogens is 308 g/mol. The third-order valence-corrected chi connectivity index (χ3v) is 5.40. The number of halogens is 1. The second kappa shape index (κ2) is 8.16. The molecule has 128 valence electrons. The average Bonchev–Trinajstić information content (AvgIpc) is 2.84. The lowest BCUT2D eigenvalue weighted by molar-refractivity contribution is -0.138. The van der Waals surface area contributed by atoms with Crippen molar-refractivity contribution in [3.63, 3.8) is 0 Å². The highest BCUT2D eigenvalue weighted by molar-refractivity contribution is 5.89. The van der Waals surface area contributed by atoms with Crippen molar-refractivity contribution in [1.82, 2.24) is 10.2 Å². The van der Waals surface area contributed by atoms with Gasteiger partial charge in [0.25, 0.3) is 0 Å². The number of rotatable bonds is 2. The summed E-state index contributed by atoms with van der Waals surface area (Å²) in [4.78, 5) is 15.6. The molecule has 0 atom stereocenters. The Morgan fingerprint density at radius 2 is 1.78 bits per heavy atom.